The van der Waals surface area contributed by atoms with Gasteiger partial charge in [-0.25, -0.2) is 14.4 Å². The molecule has 1 fully saturated rings. The van der Waals surface area contributed by atoms with Gasteiger partial charge in [-0.05, 0) is 57.6 Å². The number of carbonyl (C=O) groups is 1. The first-order valence-electron chi connectivity index (χ1n) is 13.6. The molecule has 2 aliphatic heterocycles. The zero-order chi connectivity index (χ0) is 27.8. The Morgan fingerprint density at radius 3 is 2.85 bits per heavy atom. The van der Waals surface area contributed by atoms with Crippen molar-refractivity contribution < 1.29 is 18.7 Å². The number of anilines is 2. The molecule has 0 bridgehead atoms. The van der Waals surface area contributed by atoms with Crippen LogP contribution in [-0.4, -0.2) is 58.6 Å². The third-order valence-electron chi connectivity index (χ3n) is 7.46. The van der Waals surface area contributed by atoms with Crippen molar-refractivity contribution in [2.45, 2.75) is 45.1 Å². The van der Waals surface area contributed by atoms with Crippen molar-refractivity contribution in [1.29, 1.82) is 0 Å². The lowest BCUT2D eigenvalue weighted by Crippen LogP contribution is -2.25. The molecule has 10 heteroatoms. The predicted molar refractivity (Wildman–Crippen MR) is 150 cm³/mol. The standard InChI is InChI=1S/C30H33FN6O3/c1-18(40-20-9-12-39-13-10-20)21-5-7-27(35-25(21)17-36(2)3)34-24-6-4-22(23-15-33-30(38)29(23)24)26-16-32-28-14-19(31)8-11-37(26)28/h4-8,11,14,16,18,20H,9-10,12-13,15,17H2,1-3H3,(H,33,38)(H,34,35)/t18-/m0/s1. The van der Waals surface area contributed by atoms with Crippen LogP contribution in [0.1, 0.15) is 53.0 Å². The number of halogens is 1. The Morgan fingerprint density at radius 1 is 1.23 bits per heavy atom. The van der Waals surface area contributed by atoms with E-state index in [4.69, 9.17) is 14.5 Å². The fraction of sp³-hybridized carbons (Fsp3) is 0.367. The number of hydrogen-bond acceptors (Lipinski definition) is 7. The molecular weight excluding hydrogens is 511 g/mol. The highest BCUT2D eigenvalue weighted by atomic mass is 19.1. The minimum Gasteiger partial charge on any atom is -0.381 e. The van der Waals surface area contributed by atoms with Crippen molar-refractivity contribution in [2.75, 3.05) is 32.6 Å². The second kappa shape index (κ2) is 11.0. The number of nitrogens with one attached hydrogen (secondary N) is 2. The van der Waals surface area contributed by atoms with Gasteiger partial charge in [0.05, 0.1) is 41.0 Å². The van der Waals surface area contributed by atoms with Gasteiger partial charge in [0.15, 0.2) is 0 Å². The molecule has 0 radical (unpaired) electrons. The number of aromatic nitrogens is 3. The topological polar surface area (TPSA) is 93.0 Å². The van der Waals surface area contributed by atoms with E-state index in [0.29, 0.717) is 35.8 Å². The zero-order valence-electron chi connectivity index (χ0n) is 22.9. The summed E-state index contributed by atoms with van der Waals surface area (Å²) in [6.07, 6.45) is 5.23. The van der Waals surface area contributed by atoms with Crippen LogP contribution in [0.15, 0.2) is 48.8 Å². The monoisotopic (exact) mass is 544 g/mol. The highest BCUT2D eigenvalue weighted by Gasteiger charge is 2.28. The van der Waals surface area contributed by atoms with Crippen LogP contribution >= 0.6 is 0 Å². The number of fused-ring (bicyclic) bond motifs is 2. The summed E-state index contributed by atoms with van der Waals surface area (Å²) in [5, 5.41) is 6.34. The summed E-state index contributed by atoms with van der Waals surface area (Å²) in [4.78, 5) is 24.4. The molecule has 0 aliphatic carbocycles. The lowest BCUT2D eigenvalue weighted by atomic mass is 9.99. The molecule has 5 heterocycles. The van der Waals surface area contributed by atoms with Crippen LogP contribution in [0.3, 0.4) is 0 Å². The normalized spacial score (nSPS) is 16.4. The number of nitrogens with zero attached hydrogens (tertiary/aromatic N) is 4. The molecule has 0 saturated carbocycles. The van der Waals surface area contributed by atoms with Gasteiger partial charge >= 0.3 is 0 Å². The average Bonchev–Trinajstić information content (AvgIpc) is 3.53. The quantitative estimate of drug-likeness (QED) is 0.328. The van der Waals surface area contributed by atoms with Crippen LogP contribution in [0.25, 0.3) is 16.9 Å². The third kappa shape index (κ3) is 5.17. The second-order valence-corrected chi connectivity index (χ2v) is 10.6. The molecule has 3 aromatic heterocycles. The highest BCUT2D eigenvalue weighted by molar-refractivity contribution is 6.06. The first-order chi connectivity index (χ1) is 19.4. The van der Waals surface area contributed by atoms with Crippen molar-refractivity contribution in [3.8, 4) is 11.3 Å². The Hall–Kier alpha value is -3.86. The molecular formula is C30H33FN6O3. The third-order valence-corrected chi connectivity index (χ3v) is 7.46. The van der Waals surface area contributed by atoms with Gasteiger partial charge in [-0.1, -0.05) is 12.1 Å². The Kier molecular flexibility index (Phi) is 7.22. The van der Waals surface area contributed by atoms with Gasteiger partial charge < -0.3 is 25.0 Å². The van der Waals surface area contributed by atoms with E-state index in [1.165, 1.54) is 12.1 Å². The Morgan fingerprint density at radius 2 is 2.05 bits per heavy atom. The number of benzene rings is 1. The summed E-state index contributed by atoms with van der Waals surface area (Å²) in [7, 11) is 4.03. The molecule has 9 nitrogen and oxygen atoms in total. The number of imidazole rings is 1. The summed E-state index contributed by atoms with van der Waals surface area (Å²) in [6, 6.07) is 10.6. The molecule has 1 saturated heterocycles. The summed E-state index contributed by atoms with van der Waals surface area (Å²) in [5.41, 5.74) is 6.26. The minimum atomic E-state index is -0.344. The van der Waals surface area contributed by atoms with Crippen molar-refractivity contribution in [3.63, 3.8) is 0 Å². The Bertz CT molecular complexity index is 1560. The maximum absolute atomic E-state index is 13.7. The molecule has 6 rings (SSSR count). The molecule has 1 atom stereocenters. The Balaban J connectivity index is 1.31. The van der Waals surface area contributed by atoms with Gasteiger partial charge in [-0.15, -0.1) is 0 Å². The SMILES string of the molecule is C[C@H](OC1CCOCC1)c1ccc(Nc2ccc(-c3cnc4cc(F)ccn34)c3c2C(=O)NC3)nc1CN(C)C. The van der Waals surface area contributed by atoms with Gasteiger partial charge in [0.2, 0.25) is 0 Å². The number of carbonyl (C=O) groups excluding carboxylic acids is 1. The lowest BCUT2D eigenvalue weighted by molar-refractivity contribution is -0.0640. The van der Waals surface area contributed by atoms with Gasteiger partial charge in [-0.2, -0.15) is 0 Å². The van der Waals surface area contributed by atoms with Crippen molar-refractivity contribution in [2.24, 2.45) is 0 Å². The van der Waals surface area contributed by atoms with Gasteiger partial charge in [0.1, 0.15) is 17.3 Å². The van der Waals surface area contributed by atoms with E-state index < -0.39 is 0 Å². The lowest BCUT2D eigenvalue weighted by Gasteiger charge is -2.27. The van der Waals surface area contributed by atoms with Gasteiger partial charge in [0, 0.05) is 49.7 Å². The van der Waals surface area contributed by atoms with E-state index in [1.54, 1.807) is 12.4 Å². The first kappa shape index (κ1) is 26.4. The number of pyridine rings is 2. The van der Waals surface area contributed by atoms with Crippen molar-refractivity contribution >= 4 is 23.1 Å². The number of amides is 1. The van der Waals surface area contributed by atoms with Crippen LogP contribution in [0.2, 0.25) is 0 Å². The number of rotatable bonds is 8. The summed E-state index contributed by atoms with van der Waals surface area (Å²) >= 11 is 0. The molecule has 2 N–H and O–H groups in total. The molecule has 4 aromatic rings. The van der Waals surface area contributed by atoms with E-state index in [1.807, 2.05) is 36.7 Å². The molecule has 2 aliphatic rings. The average molecular weight is 545 g/mol. The summed E-state index contributed by atoms with van der Waals surface area (Å²) < 4.78 is 27.4. The van der Waals surface area contributed by atoms with Crippen LogP contribution in [-0.2, 0) is 22.6 Å². The molecule has 0 spiro atoms. The number of ether oxygens (including phenoxy) is 2. The van der Waals surface area contributed by atoms with E-state index in [0.717, 1.165) is 54.1 Å². The fourth-order valence-corrected chi connectivity index (χ4v) is 5.54. The van der Waals surface area contributed by atoms with Crippen molar-refractivity contribution in [1.82, 2.24) is 24.6 Å². The van der Waals surface area contributed by atoms with Crippen LogP contribution in [0.4, 0.5) is 15.9 Å². The van der Waals surface area contributed by atoms with E-state index in [-0.39, 0.29) is 23.9 Å². The van der Waals surface area contributed by atoms with Crippen LogP contribution in [0.5, 0.6) is 0 Å². The second-order valence-electron chi connectivity index (χ2n) is 10.6. The predicted octanol–water partition coefficient (Wildman–Crippen LogP) is 4.84. The van der Waals surface area contributed by atoms with E-state index in [9.17, 15) is 9.18 Å². The maximum atomic E-state index is 13.7. The zero-order valence-corrected chi connectivity index (χ0v) is 22.9. The maximum Gasteiger partial charge on any atom is 0.254 e. The van der Waals surface area contributed by atoms with Crippen LogP contribution < -0.4 is 10.6 Å². The van der Waals surface area contributed by atoms with Crippen molar-refractivity contribution in [3.05, 3.63) is 77.0 Å². The summed E-state index contributed by atoms with van der Waals surface area (Å²) in [6.45, 7) is 4.58. The molecule has 1 aromatic carbocycles. The summed E-state index contributed by atoms with van der Waals surface area (Å²) in [5.74, 6) is 0.157. The van der Waals surface area contributed by atoms with Gasteiger partial charge in [-0.3, -0.25) is 9.20 Å². The molecule has 208 valence electrons. The smallest absolute Gasteiger partial charge is 0.254 e. The fourth-order valence-electron chi connectivity index (χ4n) is 5.54. The minimum absolute atomic E-state index is 0.104. The van der Waals surface area contributed by atoms with E-state index in [2.05, 4.69) is 33.5 Å². The largest absolute Gasteiger partial charge is 0.381 e. The number of hydrogen-bond donors (Lipinski definition) is 2. The molecule has 40 heavy (non-hydrogen) atoms. The molecule has 0 unspecified atom stereocenters. The Labute approximate surface area is 232 Å². The van der Waals surface area contributed by atoms with Crippen LogP contribution in [0, 0.1) is 5.82 Å². The highest BCUT2D eigenvalue weighted by Crippen LogP contribution is 2.36. The molecule has 1 amide bonds. The van der Waals surface area contributed by atoms with Gasteiger partial charge in [0.25, 0.3) is 5.91 Å². The van der Waals surface area contributed by atoms with E-state index >= 15 is 0 Å². The first-order valence-corrected chi connectivity index (χ1v) is 13.6.